The van der Waals surface area contributed by atoms with Crippen molar-refractivity contribution < 1.29 is 4.79 Å². The van der Waals surface area contributed by atoms with Crippen LogP contribution in [0.5, 0.6) is 0 Å². The van der Waals surface area contributed by atoms with E-state index >= 15 is 0 Å². The second-order valence-electron chi connectivity index (χ2n) is 4.55. The molecule has 1 aromatic rings. The van der Waals surface area contributed by atoms with Gasteiger partial charge < -0.3 is 10.2 Å². The molecule has 0 bridgehead atoms. The smallest absolute Gasteiger partial charge is 0.219 e. The van der Waals surface area contributed by atoms with Gasteiger partial charge in [-0.15, -0.1) is 0 Å². The largest absolute Gasteiger partial charge is 0.381 e. The number of benzene rings is 1. The van der Waals surface area contributed by atoms with Gasteiger partial charge in [0.25, 0.3) is 0 Å². The van der Waals surface area contributed by atoms with Crippen LogP contribution >= 0.6 is 27.5 Å². The summed E-state index contributed by atoms with van der Waals surface area (Å²) >= 11 is 9.58. The Morgan fingerprint density at radius 2 is 2.11 bits per heavy atom. The maximum Gasteiger partial charge on any atom is 0.219 e. The molecule has 0 spiro atoms. The van der Waals surface area contributed by atoms with Crippen molar-refractivity contribution in [2.75, 3.05) is 18.4 Å². The standard InChI is InChI=1S/C13H16BrClN2O/c1-9(18)17-6-4-11(5-7-17)16-13-8-10(14)2-3-12(13)15/h2-3,8,11,16H,4-7H2,1H3. The Labute approximate surface area is 121 Å². The lowest BCUT2D eigenvalue weighted by Crippen LogP contribution is -2.41. The third kappa shape index (κ3) is 3.39. The number of nitrogens with zero attached hydrogens (tertiary/aromatic N) is 1. The highest BCUT2D eigenvalue weighted by Crippen LogP contribution is 2.27. The molecular weight excluding hydrogens is 316 g/mol. The summed E-state index contributed by atoms with van der Waals surface area (Å²) in [7, 11) is 0. The van der Waals surface area contributed by atoms with E-state index in [1.165, 1.54) is 0 Å². The van der Waals surface area contributed by atoms with Crippen LogP contribution in [0, 0.1) is 0 Å². The maximum absolute atomic E-state index is 11.2. The molecule has 1 saturated heterocycles. The molecule has 1 aliphatic heterocycles. The van der Waals surface area contributed by atoms with Crippen LogP contribution in [0.2, 0.25) is 5.02 Å². The normalized spacial score (nSPS) is 16.7. The van der Waals surface area contributed by atoms with E-state index in [1.54, 1.807) is 6.92 Å². The van der Waals surface area contributed by atoms with Crippen LogP contribution in [-0.4, -0.2) is 29.9 Å². The van der Waals surface area contributed by atoms with Crippen molar-refractivity contribution in [3.05, 3.63) is 27.7 Å². The molecule has 1 fully saturated rings. The van der Waals surface area contributed by atoms with Crippen molar-refractivity contribution in [2.24, 2.45) is 0 Å². The molecule has 1 aliphatic rings. The molecule has 3 nitrogen and oxygen atoms in total. The van der Waals surface area contributed by atoms with E-state index < -0.39 is 0 Å². The van der Waals surface area contributed by atoms with Crippen LogP contribution < -0.4 is 5.32 Å². The molecule has 1 heterocycles. The molecule has 5 heteroatoms. The number of amides is 1. The summed E-state index contributed by atoms with van der Waals surface area (Å²) in [5.74, 6) is 0.161. The molecule has 0 unspecified atom stereocenters. The first-order valence-electron chi connectivity index (χ1n) is 6.03. The molecule has 1 amide bonds. The Balaban J connectivity index is 1.95. The van der Waals surface area contributed by atoms with Gasteiger partial charge in [-0.05, 0) is 31.0 Å². The molecule has 0 aromatic heterocycles. The topological polar surface area (TPSA) is 32.3 Å². The molecule has 0 radical (unpaired) electrons. The number of hydrogen-bond donors (Lipinski definition) is 1. The summed E-state index contributed by atoms with van der Waals surface area (Å²) in [6.07, 6.45) is 1.92. The van der Waals surface area contributed by atoms with Crippen molar-refractivity contribution >= 4 is 39.1 Å². The summed E-state index contributed by atoms with van der Waals surface area (Å²) in [4.78, 5) is 13.1. The number of rotatable bonds is 2. The Bertz CT molecular complexity index is 445. The van der Waals surface area contributed by atoms with Crippen LogP contribution in [0.3, 0.4) is 0 Å². The number of anilines is 1. The number of nitrogens with one attached hydrogen (secondary N) is 1. The average molecular weight is 332 g/mol. The minimum Gasteiger partial charge on any atom is -0.381 e. The molecule has 2 rings (SSSR count). The Kier molecular flexibility index (Phi) is 4.51. The number of hydrogen-bond acceptors (Lipinski definition) is 2. The van der Waals surface area contributed by atoms with Crippen LogP contribution in [0.15, 0.2) is 22.7 Å². The van der Waals surface area contributed by atoms with E-state index in [0.29, 0.717) is 6.04 Å². The predicted octanol–water partition coefficient (Wildman–Crippen LogP) is 3.53. The summed E-state index contributed by atoms with van der Waals surface area (Å²) in [5.41, 5.74) is 0.951. The third-order valence-corrected chi connectivity index (χ3v) is 4.05. The minimum atomic E-state index is 0.161. The zero-order chi connectivity index (χ0) is 13.1. The predicted molar refractivity (Wildman–Crippen MR) is 78.1 cm³/mol. The zero-order valence-electron chi connectivity index (χ0n) is 10.2. The lowest BCUT2D eigenvalue weighted by atomic mass is 10.0. The van der Waals surface area contributed by atoms with Crippen LogP contribution in [-0.2, 0) is 4.79 Å². The van der Waals surface area contributed by atoms with Gasteiger partial charge in [-0.3, -0.25) is 4.79 Å². The van der Waals surface area contributed by atoms with Crippen LogP contribution in [0.4, 0.5) is 5.69 Å². The highest BCUT2D eigenvalue weighted by Gasteiger charge is 2.20. The van der Waals surface area contributed by atoms with Crippen LogP contribution in [0.1, 0.15) is 19.8 Å². The van der Waals surface area contributed by atoms with E-state index in [2.05, 4.69) is 21.2 Å². The fourth-order valence-corrected chi connectivity index (χ4v) is 2.70. The van der Waals surface area contributed by atoms with Crippen molar-refractivity contribution in [3.8, 4) is 0 Å². The summed E-state index contributed by atoms with van der Waals surface area (Å²) < 4.78 is 1.01. The molecule has 1 aromatic carbocycles. The van der Waals surface area contributed by atoms with Gasteiger partial charge in [-0.25, -0.2) is 0 Å². The SMILES string of the molecule is CC(=O)N1CCC(Nc2cc(Br)ccc2Cl)CC1. The van der Waals surface area contributed by atoms with Gasteiger partial charge in [-0.2, -0.15) is 0 Å². The molecule has 0 atom stereocenters. The lowest BCUT2D eigenvalue weighted by molar-refractivity contribution is -0.129. The first kappa shape index (κ1) is 13.7. The number of carbonyl (C=O) groups excluding carboxylic acids is 1. The number of carbonyl (C=O) groups is 1. The van der Waals surface area contributed by atoms with Crippen LogP contribution in [0.25, 0.3) is 0 Å². The Morgan fingerprint density at radius 3 is 2.72 bits per heavy atom. The van der Waals surface area contributed by atoms with E-state index in [4.69, 9.17) is 11.6 Å². The second-order valence-corrected chi connectivity index (χ2v) is 5.87. The molecule has 18 heavy (non-hydrogen) atoms. The molecule has 1 N–H and O–H groups in total. The monoisotopic (exact) mass is 330 g/mol. The first-order valence-corrected chi connectivity index (χ1v) is 7.20. The second kappa shape index (κ2) is 5.93. The fraction of sp³-hybridized carbons (Fsp3) is 0.462. The minimum absolute atomic E-state index is 0.161. The van der Waals surface area contributed by atoms with Gasteiger partial charge in [0.1, 0.15) is 0 Å². The third-order valence-electron chi connectivity index (χ3n) is 3.23. The van der Waals surface area contributed by atoms with Gasteiger partial charge in [0.15, 0.2) is 0 Å². The van der Waals surface area contributed by atoms with Crippen molar-refractivity contribution in [3.63, 3.8) is 0 Å². The van der Waals surface area contributed by atoms with Gasteiger partial charge in [0.05, 0.1) is 10.7 Å². The Hall–Kier alpha value is -0.740. The number of likely N-dealkylation sites (tertiary alicyclic amines) is 1. The summed E-state index contributed by atoms with van der Waals surface area (Å²) in [6.45, 7) is 3.26. The molecule has 0 aliphatic carbocycles. The van der Waals surface area contributed by atoms with Gasteiger partial charge in [-0.1, -0.05) is 27.5 Å². The van der Waals surface area contributed by atoms with E-state index in [1.807, 2.05) is 23.1 Å². The molecule has 0 saturated carbocycles. The quantitative estimate of drug-likeness (QED) is 0.899. The lowest BCUT2D eigenvalue weighted by Gasteiger charge is -2.32. The molecular formula is C13H16BrClN2O. The van der Waals surface area contributed by atoms with E-state index in [9.17, 15) is 4.79 Å². The van der Waals surface area contributed by atoms with Gasteiger partial charge >= 0.3 is 0 Å². The Morgan fingerprint density at radius 1 is 1.44 bits per heavy atom. The van der Waals surface area contributed by atoms with Crippen molar-refractivity contribution in [1.29, 1.82) is 0 Å². The maximum atomic E-state index is 11.2. The van der Waals surface area contributed by atoms with Gasteiger partial charge in [0.2, 0.25) is 5.91 Å². The highest BCUT2D eigenvalue weighted by atomic mass is 79.9. The number of halogens is 2. The van der Waals surface area contributed by atoms with E-state index in [0.717, 1.165) is 41.1 Å². The molecule has 98 valence electrons. The fourth-order valence-electron chi connectivity index (χ4n) is 2.17. The van der Waals surface area contributed by atoms with E-state index in [-0.39, 0.29) is 5.91 Å². The average Bonchev–Trinajstić information content (AvgIpc) is 2.34. The van der Waals surface area contributed by atoms with Gasteiger partial charge in [0, 0.05) is 30.5 Å². The first-order chi connectivity index (χ1) is 8.56. The zero-order valence-corrected chi connectivity index (χ0v) is 12.6. The highest BCUT2D eigenvalue weighted by molar-refractivity contribution is 9.10. The van der Waals surface area contributed by atoms with Crippen molar-refractivity contribution in [1.82, 2.24) is 4.90 Å². The summed E-state index contributed by atoms with van der Waals surface area (Å²) in [6, 6.07) is 6.16. The van der Waals surface area contributed by atoms with Crippen molar-refractivity contribution in [2.45, 2.75) is 25.8 Å². The number of piperidine rings is 1. The summed E-state index contributed by atoms with van der Waals surface area (Å²) in [5, 5.41) is 4.18.